The molecule has 0 aliphatic carbocycles. The minimum atomic E-state index is -0.377. The molecule has 1 atom stereocenters. The number of hydrogen-bond acceptors (Lipinski definition) is 5. The number of hydrogen-bond donors (Lipinski definition) is 1. The molecule has 7 nitrogen and oxygen atoms in total. The summed E-state index contributed by atoms with van der Waals surface area (Å²) in [4.78, 5) is 14.9. The van der Waals surface area contributed by atoms with Gasteiger partial charge in [0.25, 0.3) is 5.69 Å². The van der Waals surface area contributed by atoms with Crippen molar-refractivity contribution < 1.29 is 9.66 Å². The lowest BCUT2D eigenvalue weighted by atomic mass is 10.1. The number of nitro groups is 1. The van der Waals surface area contributed by atoms with Gasteiger partial charge in [0.05, 0.1) is 24.2 Å². The Balaban J connectivity index is 1.78. The number of benzene rings is 1. The van der Waals surface area contributed by atoms with E-state index in [1.165, 1.54) is 6.07 Å². The SMILES string of the molecule is C[C@H](c1cccc([N+](=O)[O-])c1)N(C)C(=S)NCCCN1CCOCC1. The minimum Gasteiger partial charge on any atom is -0.379 e. The molecule has 1 aromatic rings. The normalized spacial score (nSPS) is 16.2. The summed E-state index contributed by atoms with van der Waals surface area (Å²) in [7, 11) is 1.90. The van der Waals surface area contributed by atoms with Crippen LogP contribution in [0.3, 0.4) is 0 Å². The highest BCUT2D eigenvalue weighted by atomic mass is 32.1. The number of ether oxygens (including phenoxy) is 1. The fourth-order valence-electron chi connectivity index (χ4n) is 2.75. The van der Waals surface area contributed by atoms with E-state index in [0.29, 0.717) is 5.11 Å². The first-order valence-electron chi connectivity index (χ1n) is 8.54. The monoisotopic (exact) mass is 366 g/mol. The lowest BCUT2D eigenvalue weighted by molar-refractivity contribution is -0.384. The first kappa shape index (κ1) is 19.6. The molecule has 1 N–H and O–H groups in total. The molecule has 1 aliphatic rings. The Morgan fingerprint density at radius 1 is 1.48 bits per heavy atom. The zero-order chi connectivity index (χ0) is 18.2. The predicted octanol–water partition coefficient (Wildman–Crippen LogP) is 2.18. The Morgan fingerprint density at radius 2 is 2.20 bits per heavy atom. The molecule has 2 rings (SSSR count). The number of thiocarbonyl (C=S) groups is 1. The quantitative estimate of drug-likeness (QED) is 0.343. The Kier molecular flexibility index (Phi) is 7.54. The second-order valence-electron chi connectivity index (χ2n) is 6.18. The van der Waals surface area contributed by atoms with Crippen LogP contribution in [0.1, 0.15) is 24.9 Å². The average molecular weight is 366 g/mol. The van der Waals surface area contributed by atoms with Crippen molar-refractivity contribution in [3.8, 4) is 0 Å². The van der Waals surface area contributed by atoms with Crippen molar-refractivity contribution in [3.63, 3.8) is 0 Å². The summed E-state index contributed by atoms with van der Waals surface area (Å²) < 4.78 is 5.34. The van der Waals surface area contributed by atoms with Crippen LogP contribution in [0.25, 0.3) is 0 Å². The van der Waals surface area contributed by atoms with Crippen LogP contribution in [0, 0.1) is 10.1 Å². The van der Waals surface area contributed by atoms with E-state index >= 15 is 0 Å². The maximum atomic E-state index is 10.9. The standard InChI is InChI=1S/C17H26N4O3S/c1-14(15-5-3-6-16(13-15)21(22)23)19(2)17(25)18-7-4-8-20-9-11-24-12-10-20/h3,5-6,13-14H,4,7-12H2,1-2H3,(H,18,25)/t14-/m1/s1. The fourth-order valence-corrected chi connectivity index (χ4v) is 3.01. The van der Waals surface area contributed by atoms with Crippen LogP contribution in [0.5, 0.6) is 0 Å². The molecule has 1 saturated heterocycles. The van der Waals surface area contributed by atoms with Gasteiger partial charge in [-0.2, -0.15) is 0 Å². The summed E-state index contributed by atoms with van der Waals surface area (Å²) in [6.45, 7) is 7.44. The Morgan fingerprint density at radius 3 is 2.88 bits per heavy atom. The zero-order valence-electron chi connectivity index (χ0n) is 14.8. The highest BCUT2D eigenvalue weighted by molar-refractivity contribution is 7.80. The summed E-state index contributed by atoms with van der Waals surface area (Å²) in [5.41, 5.74) is 0.969. The van der Waals surface area contributed by atoms with E-state index in [2.05, 4.69) is 10.2 Å². The number of non-ortho nitro benzene ring substituents is 1. The van der Waals surface area contributed by atoms with Gasteiger partial charge in [-0.25, -0.2) is 0 Å². The maximum Gasteiger partial charge on any atom is 0.269 e. The van der Waals surface area contributed by atoms with Crippen LogP contribution in [-0.4, -0.2) is 66.3 Å². The van der Waals surface area contributed by atoms with Crippen molar-refractivity contribution in [2.45, 2.75) is 19.4 Å². The third kappa shape index (κ3) is 5.91. The molecule has 0 radical (unpaired) electrons. The summed E-state index contributed by atoms with van der Waals surface area (Å²) in [6, 6.07) is 6.64. The van der Waals surface area contributed by atoms with Gasteiger partial charge in [0.1, 0.15) is 0 Å². The molecule has 25 heavy (non-hydrogen) atoms. The van der Waals surface area contributed by atoms with Gasteiger partial charge in [0, 0.05) is 38.8 Å². The first-order chi connectivity index (χ1) is 12.0. The van der Waals surface area contributed by atoms with E-state index in [1.807, 2.05) is 24.9 Å². The molecular formula is C17H26N4O3S. The van der Waals surface area contributed by atoms with Crippen molar-refractivity contribution in [3.05, 3.63) is 39.9 Å². The first-order valence-corrected chi connectivity index (χ1v) is 8.95. The molecule has 1 fully saturated rings. The number of morpholine rings is 1. The van der Waals surface area contributed by atoms with E-state index in [9.17, 15) is 10.1 Å². The van der Waals surface area contributed by atoms with Crippen LogP contribution in [-0.2, 0) is 4.74 Å². The molecule has 8 heteroatoms. The average Bonchev–Trinajstić information content (AvgIpc) is 2.64. The van der Waals surface area contributed by atoms with Crippen molar-refractivity contribution in [1.29, 1.82) is 0 Å². The maximum absolute atomic E-state index is 10.9. The molecule has 0 saturated carbocycles. The van der Waals surface area contributed by atoms with Crippen molar-refractivity contribution in [1.82, 2.24) is 15.1 Å². The molecule has 0 amide bonds. The number of rotatable bonds is 7. The summed E-state index contributed by atoms with van der Waals surface area (Å²) in [5.74, 6) is 0. The minimum absolute atomic E-state index is 0.0425. The van der Waals surface area contributed by atoms with Gasteiger partial charge in [0.2, 0.25) is 0 Å². The highest BCUT2D eigenvalue weighted by Gasteiger charge is 2.17. The van der Waals surface area contributed by atoms with Crippen LogP contribution < -0.4 is 5.32 Å². The number of nitrogens with zero attached hydrogens (tertiary/aromatic N) is 3. The van der Waals surface area contributed by atoms with Gasteiger partial charge in [-0.15, -0.1) is 0 Å². The van der Waals surface area contributed by atoms with E-state index in [1.54, 1.807) is 12.1 Å². The molecular weight excluding hydrogens is 340 g/mol. The molecule has 0 aromatic heterocycles. The van der Waals surface area contributed by atoms with E-state index in [4.69, 9.17) is 17.0 Å². The Hall–Kier alpha value is -1.77. The fraction of sp³-hybridized carbons (Fsp3) is 0.588. The van der Waals surface area contributed by atoms with Crippen LogP contribution >= 0.6 is 12.2 Å². The molecule has 138 valence electrons. The smallest absolute Gasteiger partial charge is 0.269 e. The predicted molar refractivity (Wildman–Crippen MR) is 102 cm³/mol. The third-order valence-corrected chi connectivity index (χ3v) is 4.93. The summed E-state index contributed by atoms with van der Waals surface area (Å²) in [6.07, 6.45) is 1.01. The zero-order valence-corrected chi connectivity index (χ0v) is 15.6. The lowest BCUT2D eigenvalue weighted by Crippen LogP contribution is -2.41. The molecule has 0 spiro atoms. The van der Waals surface area contributed by atoms with E-state index < -0.39 is 0 Å². The van der Waals surface area contributed by atoms with Gasteiger partial charge in [-0.3, -0.25) is 15.0 Å². The van der Waals surface area contributed by atoms with Crippen molar-refractivity contribution in [2.75, 3.05) is 46.4 Å². The number of nitro benzene ring substituents is 1. The van der Waals surface area contributed by atoms with Crippen LogP contribution in [0.15, 0.2) is 24.3 Å². The topological polar surface area (TPSA) is 70.9 Å². The van der Waals surface area contributed by atoms with Gasteiger partial charge in [-0.05, 0) is 37.7 Å². The largest absolute Gasteiger partial charge is 0.379 e. The Labute approximate surface area is 154 Å². The molecule has 1 aliphatic heterocycles. The van der Waals surface area contributed by atoms with Gasteiger partial charge >= 0.3 is 0 Å². The Bertz CT molecular complexity index is 593. The third-order valence-electron chi connectivity index (χ3n) is 4.50. The van der Waals surface area contributed by atoms with Crippen molar-refractivity contribution in [2.24, 2.45) is 0 Å². The lowest BCUT2D eigenvalue weighted by Gasteiger charge is -2.29. The van der Waals surface area contributed by atoms with E-state index in [0.717, 1.165) is 51.4 Å². The van der Waals surface area contributed by atoms with Gasteiger partial charge < -0.3 is 15.0 Å². The van der Waals surface area contributed by atoms with Crippen LogP contribution in [0.4, 0.5) is 5.69 Å². The molecule has 0 bridgehead atoms. The summed E-state index contributed by atoms with van der Waals surface area (Å²) >= 11 is 5.45. The molecule has 1 aromatic carbocycles. The molecule has 0 unspecified atom stereocenters. The second-order valence-corrected chi connectivity index (χ2v) is 6.57. The summed E-state index contributed by atoms with van der Waals surface area (Å²) in [5, 5.41) is 14.9. The second kappa shape index (κ2) is 9.65. The van der Waals surface area contributed by atoms with Gasteiger partial charge in [-0.1, -0.05) is 12.1 Å². The van der Waals surface area contributed by atoms with Crippen LogP contribution in [0.2, 0.25) is 0 Å². The number of nitrogens with one attached hydrogen (secondary N) is 1. The van der Waals surface area contributed by atoms with Gasteiger partial charge in [0.15, 0.2) is 5.11 Å². The van der Waals surface area contributed by atoms with E-state index in [-0.39, 0.29) is 16.7 Å². The molecule has 1 heterocycles. The highest BCUT2D eigenvalue weighted by Crippen LogP contribution is 2.23. The van der Waals surface area contributed by atoms with Crippen molar-refractivity contribution >= 4 is 23.0 Å².